The lowest BCUT2D eigenvalue weighted by Gasteiger charge is -2.27. The van der Waals surface area contributed by atoms with Gasteiger partial charge >= 0.3 is 5.97 Å². The Hall–Kier alpha value is -1.06. The zero-order valence-electron chi connectivity index (χ0n) is 10.1. The molecule has 0 aliphatic rings. The fraction of sp³-hybridized carbons (Fsp3) is 0.818. The van der Waals surface area contributed by atoms with Crippen LogP contribution >= 0.6 is 0 Å². The number of carbonyl (C=O) groups is 2. The van der Waals surface area contributed by atoms with E-state index in [-0.39, 0.29) is 24.2 Å². The van der Waals surface area contributed by atoms with Gasteiger partial charge in [-0.2, -0.15) is 0 Å². The van der Waals surface area contributed by atoms with Gasteiger partial charge in [-0.05, 0) is 19.8 Å². The number of hydrogen-bond donors (Lipinski definition) is 2. The molecule has 0 fully saturated rings. The van der Waals surface area contributed by atoms with E-state index < -0.39 is 11.5 Å². The predicted molar refractivity (Wildman–Crippen MR) is 58.5 cm³/mol. The quantitative estimate of drug-likeness (QED) is 0.732. The number of aliphatic carboxylic acids is 1. The van der Waals surface area contributed by atoms with Crippen LogP contribution < -0.4 is 5.32 Å². The second-order valence-corrected chi connectivity index (χ2v) is 4.98. The second kappa shape index (κ2) is 5.14. The van der Waals surface area contributed by atoms with E-state index in [1.807, 2.05) is 20.8 Å². The van der Waals surface area contributed by atoms with Gasteiger partial charge in [-0.25, -0.2) is 0 Å². The van der Waals surface area contributed by atoms with E-state index in [1.165, 1.54) is 0 Å². The van der Waals surface area contributed by atoms with Crippen molar-refractivity contribution in [2.75, 3.05) is 0 Å². The molecule has 1 atom stereocenters. The average molecular weight is 215 g/mol. The molecule has 4 heteroatoms. The summed E-state index contributed by atoms with van der Waals surface area (Å²) in [6.45, 7) is 9.21. The molecule has 0 spiro atoms. The van der Waals surface area contributed by atoms with Gasteiger partial charge in [0, 0.05) is 11.5 Å². The highest BCUT2D eigenvalue weighted by atomic mass is 16.4. The Labute approximate surface area is 91.1 Å². The molecule has 0 rings (SSSR count). The molecule has 0 aromatic carbocycles. The normalized spacial score (nSPS) is 13.7. The minimum Gasteiger partial charge on any atom is -0.481 e. The summed E-state index contributed by atoms with van der Waals surface area (Å²) < 4.78 is 0. The predicted octanol–water partition coefficient (Wildman–Crippen LogP) is 1.65. The van der Waals surface area contributed by atoms with Crippen molar-refractivity contribution in [2.24, 2.45) is 11.8 Å². The summed E-state index contributed by atoms with van der Waals surface area (Å²) in [5, 5.41) is 11.4. The molecule has 0 heterocycles. The fourth-order valence-corrected chi connectivity index (χ4v) is 1.17. The first-order valence-electron chi connectivity index (χ1n) is 5.19. The van der Waals surface area contributed by atoms with Gasteiger partial charge in [0.05, 0.1) is 6.42 Å². The van der Waals surface area contributed by atoms with E-state index in [1.54, 1.807) is 13.8 Å². The molecule has 0 saturated heterocycles. The first-order chi connectivity index (χ1) is 6.65. The Morgan fingerprint density at radius 1 is 1.27 bits per heavy atom. The summed E-state index contributed by atoms with van der Waals surface area (Å²) in [4.78, 5) is 22.2. The molecule has 0 aromatic heterocycles. The van der Waals surface area contributed by atoms with Crippen molar-refractivity contribution in [3.8, 4) is 0 Å². The maximum Gasteiger partial charge on any atom is 0.305 e. The summed E-state index contributed by atoms with van der Waals surface area (Å²) in [5.41, 5.74) is -0.688. The molecule has 0 saturated carbocycles. The van der Waals surface area contributed by atoms with Crippen LogP contribution in [0.2, 0.25) is 0 Å². The van der Waals surface area contributed by atoms with Crippen LogP contribution in [-0.4, -0.2) is 22.5 Å². The molecule has 1 unspecified atom stereocenters. The zero-order valence-corrected chi connectivity index (χ0v) is 10.1. The van der Waals surface area contributed by atoms with Crippen molar-refractivity contribution in [2.45, 2.75) is 46.6 Å². The van der Waals surface area contributed by atoms with Gasteiger partial charge in [0.1, 0.15) is 0 Å². The van der Waals surface area contributed by atoms with Crippen LogP contribution in [0.5, 0.6) is 0 Å². The van der Waals surface area contributed by atoms with Gasteiger partial charge in [0.15, 0.2) is 0 Å². The topological polar surface area (TPSA) is 66.4 Å². The lowest BCUT2D eigenvalue weighted by atomic mass is 9.94. The van der Waals surface area contributed by atoms with E-state index >= 15 is 0 Å². The van der Waals surface area contributed by atoms with E-state index in [9.17, 15) is 9.59 Å². The third-order valence-electron chi connectivity index (χ3n) is 2.47. The minimum atomic E-state index is -0.905. The number of nitrogens with one attached hydrogen (secondary N) is 1. The first-order valence-corrected chi connectivity index (χ1v) is 5.19. The van der Waals surface area contributed by atoms with Crippen molar-refractivity contribution in [3.05, 3.63) is 0 Å². The van der Waals surface area contributed by atoms with Crippen LogP contribution in [0.15, 0.2) is 0 Å². The zero-order chi connectivity index (χ0) is 12.2. The molecule has 88 valence electrons. The Morgan fingerprint density at radius 2 is 1.73 bits per heavy atom. The summed E-state index contributed by atoms with van der Waals surface area (Å²) in [6.07, 6.45) is -0.0659. The third-order valence-corrected chi connectivity index (χ3v) is 2.47. The van der Waals surface area contributed by atoms with Crippen molar-refractivity contribution >= 4 is 11.9 Å². The molecule has 0 aromatic rings. The van der Waals surface area contributed by atoms with Crippen LogP contribution in [-0.2, 0) is 9.59 Å². The van der Waals surface area contributed by atoms with Crippen LogP contribution in [0, 0.1) is 11.8 Å². The highest BCUT2D eigenvalue weighted by Gasteiger charge is 2.26. The highest BCUT2D eigenvalue weighted by Crippen LogP contribution is 2.14. The lowest BCUT2D eigenvalue weighted by molar-refractivity contribution is -0.139. The van der Waals surface area contributed by atoms with Crippen molar-refractivity contribution in [1.82, 2.24) is 5.32 Å². The molecular formula is C11H21NO3. The lowest BCUT2D eigenvalue weighted by Crippen LogP contribution is -2.47. The fourth-order valence-electron chi connectivity index (χ4n) is 1.17. The monoisotopic (exact) mass is 215 g/mol. The molecule has 0 radical (unpaired) electrons. The minimum absolute atomic E-state index is 0.0659. The molecular weight excluding hydrogens is 194 g/mol. The van der Waals surface area contributed by atoms with E-state index in [0.29, 0.717) is 0 Å². The van der Waals surface area contributed by atoms with Gasteiger partial charge in [-0.1, -0.05) is 20.8 Å². The number of rotatable bonds is 5. The van der Waals surface area contributed by atoms with Crippen LogP contribution in [0.1, 0.15) is 41.0 Å². The van der Waals surface area contributed by atoms with Crippen molar-refractivity contribution < 1.29 is 14.7 Å². The summed E-state index contributed by atoms with van der Waals surface area (Å²) in [5.74, 6) is -0.836. The summed E-state index contributed by atoms with van der Waals surface area (Å²) in [6, 6.07) is 0. The van der Waals surface area contributed by atoms with Gasteiger partial charge in [0.25, 0.3) is 0 Å². The van der Waals surface area contributed by atoms with Crippen LogP contribution in [0.3, 0.4) is 0 Å². The Balaban J connectivity index is 4.33. The highest BCUT2D eigenvalue weighted by molar-refractivity contribution is 5.80. The molecule has 0 aliphatic heterocycles. The third kappa shape index (κ3) is 5.40. The van der Waals surface area contributed by atoms with Crippen LogP contribution in [0.25, 0.3) is 0 Å². The number of carboxylic acids is 1. The largest absolute Gasteiger partial charge is 0.481 e. The Bertz CT molecular complexity index is 246. The molecule has 0 bridgehead atoms. The maximum atomic E-state index is 11.7. The Morgan fingerprint density at radius 3 is 2.07 bits per heavy atom. The molecule has 0 aliphatic carbocycles. The summed E-state index contributed by atoms with van der Waals surface area (Å²) in [7, 11) is 0. The first kappa shape index (κ1) is 13.9. The summed E-state index contributed by atoms with van der Waals surface area (Å²) >= 11 is 0. The molecule has 4 nitrogen and oxygen atoms in total. The van der Waals surface area contributed by atoms with Gasteiger partial charge in [-0.3, -0.25) is 9.59 Å². The van der Waals surface area contributed by atoms with E-state index in [0.717, 1.165) is 0 Å². The van der Waals surface area contributed by atoms with E-state index in [4.69, 9.17) is 5.11 Å². The molecule has 2 N–H and O–H groups in total. The molecule has 15 heavy (non-hydrogen) atoms. The van der Waals surface area contributed by atoms with Gasteiger partial charge < -0.3 is 10.4 Å². The average Bonchev–Trinajstić information content (AvgIpc) is 1.98. The standard InChI is InChI=1S/C11H21NO3/c1-7(2)8(3)10(15)12-11(4,5)6-9(13)14/h7-8H,6H2,1-5H3,(H,12,15)(H,13,14). The number of hydrogen-bond acceptors (Lipinski definition) is 2. The van der Waals surface area contributed by atoms with Crippen molar-refractivity contribution in [3.63, 3.8) is 0 Å². The molecule has 1 amide bonds. The second-order valence-electron chi connectivity index (χ2n) is 4.98. The Kier molecular flexibility index (Phi) is 4.78. The maximum absolute atomic E-state index is 11.7. The van der Waals surface area contributed by atoms with Crippen LogP contribution in [0.4, 0.5) is 0 Å². The number of amides is 1. The van der Waals surface area contributed by atoms with Crippen molar-refractivity contribution in [1.29, 1.82) is 0 Å². The number of carboxylic acid groups (broad SMARTS) is 1. The van der Waals surface area contributed by atoms with E-state index in [2.05, 4.69) is 5.32 Å². The SMILES string of the molecule is CC(C)C(C)C(=O)NC(C)(C)CC(=O)O. The van der Waals surface area contributed by atoms with Gasteiger partial charge in [-0.15, -0.1) is 0 Å². The smallest absolute Gasteiger partial charge is 0.305 e. The number of carbonyl (C=O) groups excluding carboxylic acids is 1. The van der Waals surface area contributed by atoms with Gasteiger partial charge in [0.2, 0.25) is 5.91 Å².